The first kappa shape index (κ1) is 25.1. The topological polar surface area (TPSA) is 55.8 Å². The normalized spacial score (nSPS) is 12.1. The molecule has 0 aliphatic rings. The van der Waals surface area contributed by atoms with Crippen LogP contribution in [0.5, 0.6) is 0 Å². The monoisotopic (exact) mass is 370 g/mol. The number of carbonyl (C=O) groups is 1. The Hall–Kier alpha value is -0.870. The largest absolute Gasteiger partial charge is 0.454 e. The number of hydrogen-bond donors (Lipinski definition) is 1. The van der Waals surface area contributed by atoms with Crippen LogP contribution in [0.4, 0.5) is 0 Å². The lowest BCUT2D eigenvalue weighted by Crippen LogP contribution is -2.26. The van der Waals surface area contributed by atoms with Gasteiger partial charge in [-0.2, -0.15) is 0 Å². The molecule has 1 N–H and O–H groups in total. The van der Waals surface area contributed by atoms with Crippen molar-refractivity contribution in [2.75, 3.05) is 19.8 Å². The third-order valence-corrected chi connectivity index (χ3v) is 4.60. The van der Waals surface area contributed by atoms with Gasteiger partial charge in [-0.25, -0.2) is 4.79 Å². The van der Waals surface area contributed by atoms with E-state index >= 15 is 0 Å². The molecule has 0 aromatic rings. The molecule has 0 spiro atoms. The standard InChI is InChI=1S/C22H42O4/c1-3-5-6-7-8-9-10-11-12-13-14-15-16-17-18-25-20-21(19-23)26-22(24)4-2/h4,21,23H,2-3,5-20H2,1H3/t21-/m1/s1. The molecule has 4 nitrogen and oxygen atoms in total. The Morgan fingerprint density at radius 1 is 0.885 bits per heavy atom. The molecule has 0 aliphatic heterocycles. The first-order chi connectivity index (χ1) is 12.7. The van der Waals surface area contributed by atoms with Gasteiger partial charge < -0.3 is 14.6 Å². The van der Waals surface area contributed by atoms with Crippen LogP contribution < -0.4 is 0 Å². The maximum Gasteiger partial charge on any atom is 0.330 e. The fourth-order valence-electron chi connectivity index (χ4n) is 2.95. The molecular weight excluding hydrogens is 328 g/mol. The molecule has 0 aromatic heterocycles. The van der Waals surface area contributed by atoms with Gasteiger partial charge in [-0.1, -0.05) is 97.0 Å². The van der Waals surface area contributed by atoms with Crippen molar-refractivity contribution < 1.29 is 19.4 Å². The zero-order valence-electron chi connectivity index (χ0n) is 17.1. The third-order valence-electron chi connectivity index (χ3n) is 4.60. The summed E-state index contributed by atoms with van der Waals surface area (Å²) in [6.45, 7) is 6.27. The van der Waals surface area contributed by atoms with Crippen molar-refractivity contribution >= 4 is 5.97 Å². The fourth-order valence-corrected chi connectivity index (χ4v) is 2.95. The molecule has 0 unspecified atom stereocenters. The van der Waals surface area contributed by atoms with Crippen molar-refractivity contribution in [2.45, 2.75) is 103 Å². The van der Waals surface area contributed by atoms with Crippen molar-refractivity contribution in [2.24, 2.45) is 0 Å². The van der Waals surface area contributed by atoms with Crippen LogP contribution in [0.2, 0.25) is 0 Å². The Balaban J connectivity index is 3.21. The van der Waals surface area contributed by atoms with Crippen LogP contribution in [-0.2, 0) is 14.3 Å². The first-order valence-electron chi connectivity index (χ1n) is 10.8. The molecular formula is C22H42O4. The predicted molar refractivity (Wildman–Crippen MR) is 108 cm³/mol. The minimum atomic E-state index is -0.591. The van der Waals surface area contributed by atoms with Gasteiger partial charge in [-0.3, -0.25) is 0 Å². The number of hydrogen-bond acceptors (Lipinski definition) is 4. The molecule has 154 valence electrons. The van der Waals surface area contributed by atoms with Crippen molar-refractivity contribution in [3.05, 3.63) is 12.7 Å². The summed E-state index contributed by atoms with van der Waals surface area (Å²) in [6.07, 6.45) is 19.2. The molecule has 26 heavy (non-hydrogen) atoms. The number of ether oxygens (including phenoxy) is 2. The molecule has 0 bridgehead atoms. The summed E-state index contributed by atoms with van der Waals surface area (Å²) in [5, 5.41) is 9.10. The maximum absolute atomic E-state index is 11.0. The van der Waals surface area contributed by atoms with Gasteiger partial charge in [0.25, 0.3) is 0 Å². The van der Waals surface area contributed by atoms with E-state index in [2.05, 4.69) is 13.5 Å². The highest BCUT2D eigenvalue weighted by molar-refractivity contribution is 5.81. The summed E-state index contributed by atoms with van der Waals surface area (Å²) >= 11 is 0. The van der Waals surface area contributed by atoms with Crippen LogP contribution in [0.15, 0.2) is 12.7 Å². The lowest BCUT2D eigenvalue weighted by Gasteiger charge is -2.14. The quantitative estimate of drug-likeness (QED) is 0.173. The van der Waals surface area contributed by atoms with Gasteiger partial charge in [0.15, 0.2) is 0 Å². The molecule has 0 amide bonds. The smallest absolute Gasteiger partial charge is 0.330 e. The summed E-state index contributed by atoms with van der Waals surface area (Å²) in [5.74, 6) is -0.524. The van der Waals surface area contributed by atoms with E-state index in [0.717, 1.165) is 12.5 Å². The highest BCUT2D eigenvalue weighted by atomic mass is 16.6. The maximum atomic E-state index is 11.0. The molecule has 1 atom stereocenters. The Bertz CT molecular complexity index is 317. The second kappa shape index (κ2) is 20.4. The molecule has 0 rings (SSSR count). The Labute approximate surface area is 161 Å². The van der Waals surface area contributed by atoms with Gasteiger partial charge in [-0.05, 0) is 6.42 Å². The van der Waals surface area contributed by atoms with Crippen LogP contribution in [0.3, 0.4) is 0 Å². The van der Waals surface area contributed by atoms with Crippen molar-refractivity contribution in [3.63, 3.8) is 0 Å². The van der Waals surface area contributed by atoms with Gasteiger partial charge >= 0.3 is 5.97 Å². The highest BCUT2D eigenvalue weighted by Crippen LogP contribution is 2.13. The predicted octanol–water partition coefficient (Wildman–Crippen LogP) is 5.57. The van der Waals surface area contributed by atoms with E-state index in [4.69, 9.17) is 14.6 Å². The molecule has 0 heterocycles. The number of rotatable bonds is 20. The number of esters is 1. The van der Waals surface area contributed by atoms with Crippen LogP contribution >= 0.6 is 0 Å². The zero-order valence-corrected chi connectivity index (χ0v) is 17.1. The van der Waals surface area contributed by atoms with Crippen LogP contribution in [0.25, 0.3) is 0 Å². The van der Waals surface area contributed by atoms with E-state index in [1.807, 2.05) is 0 Å². The molecule has 0 radical (unpaired) electrons. The number of aliphatic hydroxyl groups excluding tert-OH is 1. The SMILES string of the molecule is C=CC(=O)O[C@H](CO)COCCCCCCCCCCCCCCCC. The summed E-state index contributed by atoms with van der Waals surface area (Å²) in [6, 6.07) is 0. The Morgan fingerprint density at radius 3 is 1.77 bits per heavy atom. The molecule has 0 aromatic carbocycles. The third kappa shape index (κ3) is 17.9. The van der Waals surface area contributed by atoms with E-state index in [1.165, 1.54) is 83.5 Å². The second-order valence-electron chi connectivity index (χ2n) is 7.12. The van der Waals surface area contributed by atoms with Gasteiger partial charge in [0.2, 0.25) is 0 Å². The average molecular weight is 371 g/mol. The minimum Gasteiger partial charge on any atom is -0.454 e. The van der Waals surface area contributed by atoms with Crippen molar-refractivity contribution in [1.29, 1.82) is 0 Å². The van der Waals surface area contributed by atoms with E-state index in [0.29, 0.717) is 6.61 Å². The molecule has 0 fully saturated rings. The molecule has 0 saturated carbocycles. The van der Waals surface area contributed by atoms with E-state index in [1.54, 1.807) is 0 Å². The molecule has 0 saturated heterocycles. The van der Waals surface area contributed by atoms with Crippen LogP contribution in [0, 0.1) is 0 Å². The Morgan fingerprint density at radius 2 is 1.35 bits per heavy atom. The second-order valence-corrected chi connectivity index (χ2v) is 7.12. The molecule has 4 heteroatoms. The average Bonchev–Trinajstić information content (AvgIpc) is 2.66. The summed E-state index contributed by atoms with van der Waals surface area (Å²) < 4.78 is 10.4. The van der Waals surface area contributed by atoms with Gasteiger partial charge in [0.05, 0.1) is 13.2 Å². The van der Waals surface area contributed by atoms with Gasteiger partial charge in [-0.15, -0.1) is 0 Å². The Kier molecular flexibility index (Phi) is 19.8. The number of carbonyl (C=O) groups excluding carboxylic acids is 1. The van der Waals surface area contributed by atoms with Crippen LogP contribution in [-0.4, -0.2) is 37.0 Å². The van der Waals surface area contributed by atoms with E-state index in [-0.39, 0.29) is 13.2 Å². The molecule has 0 aliphatic carbocycles. The number of aliphatic hydroxyl groups is 1. The van der Waals surface area contributed by atoms with Crippen molar-refractivity contribution in [3.8, 4) is 0 Å². The summed E-state index contributed by atoms with van der Waals surface area (Å²) in [7, 11) is 0. The number of unbranched alkanes of at least 4 members (excludes halogenated alkanes) is 13. The lowest BCUT2D eigenvalue weighted by molar-refractivity contribution is -0.148. The summed E-state index contributed by atoms with van der Waals surface area (Å²) in [4.78, 5) is 11.0. The van der Waals surface area contributed by atoms with Crippen molar-refractivity contribution in [1.82, 2.24) is 0 Å². The van der Waals surface area contributed by atoms with Crippen LogP contribution in [0.1, 0.15) is 96.8 Å². The van der Waals surface area contributed by atoms with E-state index < -0.39 is 12.1 Å². The fraction of sp³-hybridized carbons (Fsp3) is 0.864. The van der Waals surface area contributed by atoms with Gasteiger partial charge in [0.1, 0.15) is 6.10 Å². The van der Waals surface area contributed by atoms with Gasteiger partial charge in [0, 0.05) is 12.7 Å². The zero-order chi connectivity index (χ0) is 19.3. The highest BCUT2D eigenvalue weighted by Gasteiger charge is 2.11. The summed E-state index contributed by atoms with van der Waals surface area (Å²) in [5.41, 5.74) is 0. The van der Waals surface area contributed by atoms with E-state index in [9.17, 15) is 4.79 Å². The first-order valence-corrected chi connectivity index (χ1v) is 10.8. The lowest BCUT2D eigenvalue weighted by atomic mass is 10.0. The minimum absolute atomic E-state index is 0.224.